The molecule has 3 rings (SSSR count). The summed E-state index contributed by atoms with van der Waals surface area (Å²) in [6.07, 6.45) is 5.08. The number of piperazine rings is 1. The van der Waals surface area contributed by atoms with E-state index in [0.29, 0.717) is 0 Å². The van der Waals surface area contributed by atoms with Gasteiger partial charge in [-0.15, -0.1) is 0 Å². The second-order valence-corrected chi connectivity index (χ2v) is 6.97. The van der Waals surface area contributed by atoms with Gasteiger partial charge in [-0.25, -0.2) is 4.79 Å². The van der Waals surface area contributed by atoms with E-state index in [4.69, 9.17) is 4.74 Å². The summed E-state index contributed by atoms with van der Waals surface area (Å²) in [5.74, 6) is 0. The van der Waals surface area contributed by atoms with Gasteiger partial charge in [0.15, 0.2) is 0 Å². The molecule has 2 aliphatic heterocycles. The summed E-state index contributed by atoms with van der Waals surface area (Å²) in [7, 11) is 0. The van der Waals surface area contributed by atoms with Gasteiger partial charge in [0.05, 0.1) is 17.8 Å². The third kappa shape index (κ3) is 4.50. The van der Waals surface area contributed by atoms with E-state index in [2.05, 4.69) is 35.1 Å². The monoisotopic (exact) mass is 346 g/mol. The standard InChI is InChI=1S/C19H30N4O2/c1-3-16(18-8-6-14-25-18)21-19(24)23-12-10-22(11-13-23)15(2)17-7-4-5-9-20-17/h4-5,7,9,15-16,18H,3,6,8,10-14H2,1-2H3,(H,21,24)/t15-,16+,18+/m1/s1. The van der Waals surface area contributed by atoms with Crippen LogP contribution >= 0.6 is 0 Å². The molecule has 0 aliphatic carbocycles. The number of hydrogen-bond acceptors (Lipinski definition) is 4. The molecule has 3 atom stereocenters. The minimum absolute atomic E-state index is 0.0486. The number of rotatable bonds is 5. The number of carbonyl (C=O) groups excluding carboxylic acids is 1. The second-order valence-electron chi connectivity index (χ2n) is 6.97. The van der Waals surface area contributed by atoms with Crippen molar-refractivity contribution in [2.75, 3.05) is 32.8 Å². The lowest BCUT2D eigenvalue weighted by Gasteiger charge is -2.38. The van der Waals surface area contributed by atoms with Crippen molar-refractivity contribution in [3.63, 3.8) is 0 Å². The van der Waals surface area contributed by atoms with E-state index in [1.165, 1.54) is 0 Å². The molecule has 6 heteroatoms. The Labute approximate surface area is 150 Å². The Bertz CT molecular complexity index is 540. The van der Waals surface area contributed by atoms with Crippen molar-refractivity contribution in [2.24, 2.45) is 0 Å². The molecule has 25 heavy (non-hydrogen) atoms. The van der Waals surface area contributed by atoms with Crippen LogP contribution in [0.1, 0.15) is 44.8 Å². The molecule has 6 nitrogen and oxygen atoms in total. The summed E-state index contributed by atoms with van der Waals surface area (Å²) in [6.45, 7) is 8.38. The molecule has 138 valence electrons. The zero-order valence-electron chi connectivity index (χ0n) is 15.4. The van der Waals surface area contributed by atoms with Crippen LogP contribution in [-0.2, 0) is 4.74 Å². The lowest BCUT2D eigenvalue weighted by Crippen LogP contribution is -2.55. The summed E-state index contributed by atoms with van der Waals surface area (Å²) >= 11 is 0. The molecule has 0 saturated carbocycles. The fraction of sp³-hybridized carbons (Fsp3) is 0.684. The quantitative estimate of drug-likeness (QED) is 0.890. The third-order valence-corrected chi connectivity index (χ3v) is 5.43. The first-order valence-corrected chi connectivity index (χ1v) is 9.51. The van der Waals surface area contributed by atoms with Gasteiger partial charge in [-0.3, -0.25) is 9.88 Å². The van der Waals surface area contributed by atoms with Crippen LogP contribution in [0.25, 0.3) is 0 Å². The second kappa shape index (κ2) is 8.63. The zero-order chi connectivity index (χ0) is 17.6. The van der Waals surface area contributed by atoms with Crippen molar-refractivity contribution in [1.29, 1.82) is 0 Å². The Morgan fingerprint density at radius 2 is 2.16 bits per heavy atom. The molecule has 2 fully saturated rings. The molecule has 0 aromatic carbocycles. The maximum atomic E-state index is 12.6. The molecular formula is C19H30N4O2. The van der Waals surface area contributed by atoms with Crippen LogP contribution in [0.15, 0.2) is 24.4 Å². The highest BCUT2D eigenvalue weighted by Gasteiger charge is 2.29. The first-order chi connectivity index (χ1) is 12.2. The maximum absolute atomic E-state index is 12.6. The predicted octanol–water partition coefficient (Wildman–Crippen LogP) is 2.43. The van der Waals surface area contributed by atoms with Crippen molar-refractivity contribution in [2.45, 2.75) is 51.3 Å². The van der Waals surface area contributed by atoms with Crippen molar-refractivity contribution < 1.29 is 9.53 Å². The number of urea groups is 1. The molecule has 1 aromatic heterocycles. The zero-order valence-corrected chi connectivity index (χ0v) is 15.4. The normalized spacial score (nSPS) is 24.1. The molecule has 2 aliphatic rings. The Kier molecular flexibility index (Phi) is 6.26. The first kappa shape index (κ1) is 18.1. The van der Waals surface area contributed by atoms with E-state index in [-0.39, 0.29) is 24.2 Å². The van der Waals surface area contributed by atoms with Crippen molar-refractivity contribution in [3.05, 3.63) is 30.1 Å². The van der Waals surface area contributed by atoms with Crippen LogP contribution < -0.4 is 5.32 Å². The molecular weight excluding hydrogens is 316 g/mol. The SMILES string of the molecule is CC[C@H](NC(=O)N1CCN([C@H](C)c2ccccn2)CC1)[C@@H]1CCCO1. The van der Waals surface area contributed by atoms with Gasteiger partial charge in [0.1, 0.15) is 0 Å². The van der Waals surface area contributed by atoms with E-state index in [1.807, 2.05) is 23.2 Å². The largest absolute Gasteiger partial charge is 0.376 e. The van der Waals surface area contributed by atoms with Gasteiger partial charge in [-0.2, -0.15) is 0 Å². The Morgan fingerprint density at radius 1 is 1.36 bits per heavy atom. The number of ether oxygens (including phenoxy) is 1. The lowest BCUT2D eigenvalue weighted by molar-refractivity contribution is 0.0720. The number of nitrogens with zero attached hydrogens (tertiary/aromatic N) is 3. The third-order valence-electron chi connectivity index (χ3n) is 5.43. The number of pyridine rings is 1. The van der Waals surface area contributed by atoms with Gasteiger partial charge in [0.25, 0.3) is 0 Å². The van der Waals surface area contributed by atoms with Crippen LogP contribution in [0, 0.1) is 0 Å². The minimum atomic E-state index is 0.0486. The van der Waals surface area contributed by atoms with E-state index in [1.54, 1.807) is 0 Å². The van der Waals surface area contributed by atoms with Gasteiger partial charge in [0.2, 0.25) is 0 Å². The van der Waals surface area contributed by atoms with Crippen molar-refractivity contribution in [1.82, 2.24) is 20.1 Å². The molecule has 0 bridgehead atoms. The van der Waals surface area contributed by atoms with E-state index in [9.17, 15) is 4.79 Å². The van der Waals surface area contributed by atoms with Crippen LogP contribution in [0.3, 0.4) is 0 Å². The molecule has 0 unspecified atom stereocenters. The Balaban J connectivity index is 1.48. The summed E-state index contributed by atoms with van der Waals surface area (Å²) in [5, 5.41) is 3.19. The van der Waals surface area contributed by atoms with Gasteiger partial charge < -0.3 is 15.0 Å². The molecule has 0 radical (unpaired) electrons. The van der Waals surface area contributed by atoms with Crippen LogP contribution in [-0.4, -0.2) is 65.7 Å². The number of aromatic nitrogens is 1. The van der Waals surface area contributed by atoms with E-state index in [0.717, 1.165) is 57.7 Å². The number of hydrogen-bond donors (Lipinski definition) is 1. The maximum Gasteiger partial charge on any atom is 0.317 e. The Hall–Kier alpha value is -1.66. The van der Waals surface area contributed by atoms with Crippen LogP contribution in [0.4, 0.5) is 4.79 Å². The molecule has 2 saturated heterocycles. The van der Waals surface area contributed by atoms with Crippen molar-refractivity contribution in [3.8, 4) is 0 Å². The average Bonchev–Trinajstić information content (AvgIpc) is 3.20. The topological polar surface area (TPSA) is 57.7 Å². The fourth-order valence-corrected chi connectivity index (χ4v) is 3.75. The fourth-order valence-electron chi connectivity index (χ4n) is 3.75. The number of carbonyl (C=O) groups is 1. The van der Waals surface area contributed by atoms with Crippen LogP contribution in [0.2, 0.25) is 0 Å². The van der Waals surface area contributed by atoms with Gasteiger partial charge in [-0.1, -0.05) is 13.0 Å². The van der Waals surface area contributed by atoms with Crippen LogP contribution in [0.5, 0.6) is 0 Å². The van der Waals surface area contributed by atoms with Gasteiger partial charge >= 0.3 is 6.03 Å². The highest BCUT2D eigenvalue weighted by molar-refractivity contribution is 5.74. The molecule has 1 N–H and O–H groups in total. The summed E-state index contributed by atoms with van der Waals surface area (Å²) < 4.78 is 5.74. The first-order valence-electron chi connectivity index (χ1n) is 9.51. The minimum Gasteiger partial charge on any atom is -0.376 e. The van der Waals surface area contributed by atoms with Crippen molar-refractivity contribution >= 4 is 6.03 Å². The highest BCUT2D eigenvalue weighted by Crippen LogP contribution is 2.20. The number of nitrogens with one attached hydrogen (secondary N) is 1. The molecule has 3 heterocycles. The van der Waals surface area contributed by atoms with E-state index >= 15 is 0 Å². The molecule has 0 spiro atoms. The number of amides is 2. The summed E-state index contributed by atoms with van der Waals surface area (Å²) in [6, 6.07) is 6.49. The smallest absolute Gasteiger partial charge is 0.317 e. The molecule has 2 amide bonds. The van der Waals surface area contributed by atoms with Gasteiger partial charge in [0, 0.05) is 45.0 Å². The van der Waals surface area contributed by atoms with Gasteiger partial charge in [-0.05, 0) is 38.3 Å². The highest BCUT2D eigenvalue weighted by atomic mass is 16.5. The average molecular weight is 346 g/mol. The summed E-state index contributed by atoms with van der Waals surface area (Å²) in [5.41, 5.74) is 1.09. The molecule has 1 aromatic rings. The summed E-state index contributed by atoms with van der Waals surface area (Å²) in [4.78, 5) is 21.4. The Morgan fingerprint density at radius 3 is 2.76 bits per heavy atom. The lowest BCUT2D eigenvalue weighted by atomic mass is 10.1. The van der Waals surface area contributed by atoms with E-state index < -0.39 is 0 Å². The predicted molar refractivity (Wildman–Crippen MR) is 97.4 cm³/mol.